The van der Waals surface area contributed by atoms with Crippen molar-refractivity contribution in [1.82, 2.24) is 14.9 Å². The number of amides is 2. The average molecular weight is 396 g/mol. The normalized spacial score (nSPS) is 16.9. The van der Waals surface area contributed by atoms with Crippen LogP contribution in [-0.2, 0) is 15.4 Å². The molecule has 27 heavy (non-hydrogen) atoms. The Morgan fingerprint density at radius 1 is 1.26 bits per heavy atom. The molecular weight excluding hydrogens is 362 g/mol. The third kappa shape index (κ3) is 6.21. The van der Waals surface area contributed by atoms with E-state index in [0.717, 1.165) is 0 Å². The summed E-state index contributed by atoms with van der Waals surface area (Å²) in [6.07, 6.45) is 1.93. The van der Waals surface area contributed by atoms with Crippen LogP contribution in [0.25, 0.3) is 0 Å². The van der Waals surface area contributed by atoms with Crippen LogP contribution < -0.4 is 10.6 Å². The first-order valence-corrected chi connectivity index (χ1v) is 11.3. The number of nitrogens with one attached hydrogen (secondary N) is 2. The molecule has 0 aliphatic carbocycles. The molecule has 2 rings (SSSR count). The van der Waals surface area contributed by atoms with Crippen LogP contribution in [0.15, 0.2) is 24.3 Å². The molecule has 1 fully saturated rings. The van der Waals surface area contributed by atoms with Crippen LogP contribution in [0.4, 0.5) is 4.79 Å². The zero-order valence-electron chi connectivity index (χ0n) is 16.9. The number of hydrogen-bond acceptors (Lipinski definition) is 3. The molecule has 6 nitrogen and oxygen atoms in total. The zero-order valence-corrected chi connectivity index (χ0v) is 17.7. The molecule has 1 aromatic rings. The third-order valence-electron chi connectivity index (χ3n) is 5.14. The standard InChI is InChI=1S/C20H33N3O3S/c1-5-13-27(25,26)23-11-9-18(10-12-23)22-19(24)21-15-20(3,4)17-8-6-7-16(2)14-17/h6-8,14,18H,5,9-13,15H2,1-4H3,(H2,21,22,24). The molecule has 2 N–H and O–H groups in total. The average Bonchev–Trinajstić information content (AvgIpc) is 2.60. The van der Waals surface area contributed by atoms with Gasteiger partial charge in [0.25, 0.3) is 0 Å². The maximum atomic E-state index is 12.3. The minimum Gasteiger partial charge on any atom is -0.337 e. The molecule has 0 spiro atoms. The van der Waals surface area contributed by atoms with E-state index in [-0.39, 0.29) is 23.2 Å². The van der Waals surface area contributed by atoms with Crippen LogP contribution >= 0.6 is 0 Å². The quantitative estimate of drug-likeness (QED) is 0.745. The molecule has 1 aliphatic rings. The fourth-order valence-corrected chi connectivity index (χ4v) is 4.91. The van der Waals surface area contributed by atoms with Crippen molar-refractivity contribution >= 4 is 16.1 Å². The van der Waals surface area contributed by atoms with E-state index in [1.165, 1.54) is 11.1 Å². The fourth-order valence-electron chi connectivity index (χ4n) is 3.37. The van der Waals surface area contributed by atoms with Crippen molar-refractivity contribution in [2.75, 3.05) is 25.4 Å². The van der Waals surface area contributed by atoms with Crippen LogP contribution in [0.3, 0.4) is 0 Å². The zero-order chi connectivity index (χ0) is 20.1. The highest BCUT2D eigenvalue weighted by Crippen LogP contribution is 2.23. The number of aryl methyl sites for hydroxylation is 1. The van der Waals surface area contributed by atoms with Gasteiger partial charge in [0.05, 0.1) is 5.75 Å². The van der Waals surface area contributed by atoms with E-state index in [2.05, 4.69) is 49.6 Å². The molecule has 2 amide bonds. The van der Waals surface area contributed by atoms with Gasteiger partial charge in [0.1, 0.15) is 0 Å². The van der Waals surface area contributed by atoms with E-state index in [4.69, 9.17) is 0 Å². The third-order valence-corrected chi connectivity index (χ3v) is 7.21. The number of piperidine rings is 1. The van der Waals surface area contributed by atoms with Gasteiger partial charge in [-0.15, -0.1) is 0 Å². The predicted octanol–water partition coefficient (Wildman–Crippen LogP) is 2.78. The van der Waals surface area contributed by atoms with Crippen LogP contribution in [0, 0.1) is 6.92 Å². The summed E-state index contributed by atoms with van der Waals surface area (Å²) in [7, 11) is -3.14. The molecule has 0 bridgehead atoms. The first-order valence-electron chi connectivity index (χ1n) is 9.73. The maximum Gasteiger partial charge on any atom is 0.315 e. The number of carbonyl (C=O) groups is 1. The van der Waals surface area contributed by atoms with Gasteiger partial charge in [-0.1, -0.05) is 50.6 Å². The van der Waals surface area contributed by atoms with E-state index >= 15 is 0 Å². The van der Waals surface area contributed by atoms with Crippen molar-refractivity contribution in [3.63, 3.8) is 0 Å². The fraction of sp³-hybridized carbons (Fsp3) is 0.650. The van der Waals surface area contributed by atoms with Gasteiger partial charge in [-0.2, -0.15) is 0 Å². The van der Waals surface area contributed by atoms with Gasteiger partial charge in [-0.25, -0.2) is 17.5 Å². The molecular formula is C20H33N3O3S. The molecule has 1 heterocycles. The second kappa shape index (κ2) is 9.06. The number of hydrogen-bond donors (Lipinski definition) is 2. The van der Waals surface area contributed by atoms with Crippen molar-refractivity contribution < 1.29 is 13.2 Å². The van der Waals surface area contributed by atoms with Crippen molar-refractivity contribution in [2.45, 2.75) is 58.4 Å². The molecule has 0 atom stereocenters. The van der Waals surface area contributed by atoms with E-state index in [1.54, 1.807) is 4.31 Å². The molecule has 1 saturated heterocycles. The van der Waals surface area contributed by atoms with Crippen molar-refractivity contribution in [2.24, 2.45) is 0 Å². The lowest BCUT2D eigenvalue weighted by Gasteiger charge is -2.32. The maximum absolute atomic E-state index is 12.3. The topological polar surface area (TPSA) is 78.5 Å². The summed E-state index contributed by atoms with van der Waals surface area (Å²) in [6, 6.07) is 8.15. The Labute approximate surface area is 163 Å². The molecule has 0 radical (unpaired) electrons. The molecule has 7 heteroatoms. The Balaban J connectivity index is 1.80. The molecule has 0 aromatic heterocycles. The van der Waals surface area contributed by atoms with Crippen LogP contribution in [0.1, 0.15) is 51.2 Å². The van der Waals surface area contributed by atoms with E-state index < -0.39 is 10.0 Å². The smallest absolute Gasteiger partial charge is 0.315 e. The molecule has 1 aromatic carbocycles. The minimum absolute atomic E-state index is 0.0140. The van der Waals surface area contributed by atoms with Gasteiger partial charge < -0.3 is 10.6 Å². The predicted molar refractivity (Wildman–Crippen MR) is 109 cm³/mol. The first-order chi connectivity index (χ1) is 12.6. The van der Waals surface area contributed by atoms with E-state index in [0.29, 0.717) is 38.9 Å². The number of carbonyl (C=O) groups excluding carboxylic acids is 1. The Morgan fingerprint density at radius 3 is 2.52 bits per heavy atom. The summed E-state index contributed by atoms with van der Waals surface area (Å²) < 4.78 is 25.8. The second-order valence-electron chi connectivity index (χ2n) is 8.07. The number of urea groups is 1. The lowest BCUT2D eigenvalue weighted by molar-refractivity contribution is 0.225. The lowest BCUT2D eigenvalue weighted by atomic mass is 9.84. The van der Waals surface area contributed by atoms with E-state index in [1.807, 2.05) is 13.0 Å². The van der Waals surface area contributed by atoms with Crippen LogP contribution in [0.5, 0.6) is 0 Å². The second-order valence-corrected chi connectivity index (χ2v) is 10.2. The van der Waals surface area contributed by atoms with Gasteiger partial charge >= 0.3 is 6.03 Å². The van der Waals surface area contributed by atoms with Gasteiger partial charge in [0, 0.05) is 31.1 Å². The van der Waals surface area contributed by atoms with Crippen molar-refractivity contribution in [3.05, 3.63) is 35.4 Å². The summed E-state index contributed by atoms with van der Waals surface area (Å²) >= 11 is 0. The summed E-state index contributed by atoms with van der Waals surface area (Å²) in [5.74, 6) is 0.194. The number of nitrogens with zero attached hydrogens (tertiary/aromatic N) is 1. The Morgan fingerprint density at radius 2 is 1.93 bits per heavy atom. The van der Waals surface area contributed by atoms with Gasteiger partial charge in [0.15, 0.2) is 0 Å². The summed E-state index contributed by atoms with van der Waals surface area (Å²) in [4.78, 5) is 12.3. The summed E-state index contributed by atoms with van der Waals surface area (Å²) in [5.41, 5.74) is 2.23. The Kier molecular flexibility index (Phi) is 7.28. The highest BCUT2D eigenvalue weighted by atomic mass is 32.2. The van der Waals surface area contributed by atoms with Crippen molar-refractivity contribution in [3.8, 4) is 0 Å². The highest BCUT2D eigenvalue weighted by molar-refractivity contribution is 7.89. The molecule has 152 valence electrons. The molecule has 0 saturated carbocycles. The van der Waals surface area contributed by atoms with Gasteiger partial charge in [-0.05, 0) is 31.7 Å². The molecule has 0 unspecified atom stereocenters. The van der Waals surface area contributed by atoms with Crippen LogP contribution in [-0.4, -0.2) is 50.2 Å². The van der Waals surface area contributed by atoms with Gasteiger partial charge in [-0.3, -0.25) is 0 Å². The minimum atomic E-state index is -3.14. The summed E-state index contributed by atoms with van der Waals surface area (Å²) in [5, 5.41) is 5.95. The molecule has 1 aliphatic heterocycles. The SMILES string of the molecule is CCCS(=O)(=O)N1CCC(NC(=O)NCC(C)(C)c2cccc(C)c2)CC1. The number of sulfonamides is 1. The largest absolute Gasteiger partial charge is 0.337 e. The lowest BCUT2D eigenvalue weighted by Crippen LogP contribution is -2.50. The van der Waals surface area contributed by atoms with Gasteiger partial charge in [0.2, 0.25) is 10.0 Å². The number of benzene rings is 1. The Hall–Kier alpha value is -1.60. The first kappa shape index (κ1) is 21.7. The summed E-state index contributed by atoms with van der Waals surface area (Å²) in [6.45, 7) is 9.63. The monoisotopic (exact) mass is 395 g/mol. The van der Waals surface area contributed by atoms with Crippen LogP contribution in [0.2, 0.25) is 0 Å². The van der Waals surface area contributed by atoms with E-state index in [9.17, 15) is 13.2 Å². The number of rotatable bonds is 7. The van der Waals surface area contributed by atoms with Crippen molar-refractivity contribution in [1.29, 1.82) is 0 Å². The highest BCUT2D eigenvalue weighted by Gasteiger charge is 2.28. The Bertz CT molecular complexity index is 739.